The van der Waals surface area contributed by atoms with Gasteiger partial charge in [-0.3, -0.25) is 0 Å². The fourth-order valence-corrected chi connectivity index (χ4v) is 2.23. The van der Waals surface area contributed by atoms with Crippen molar-refractivity contribution in [3.63, 3.8) is 0 Å². The molecule has 2 aromatic rings. The molecule has 3 heteroatoms. The third-order valence-corrected chi connectivity index (χ3v) is 3.08. The van der Waals surface area contributed by atoms with E-state index in [9.17, 15) is 0 Å². The van der Waals surface area contributed by atoms with Crippen LogP contribution in [0.15, 0.2) is 30.5 Å². The Labute approximate surface area is 108 Å². The summed E-state index contributed by atoms with van der Waals surface area (Å²) in [7, 11) is 0. The van der Waals surface area contributed by atoms with E-state index in [1.54, 1.807) is 6.20 Å². The molecule has 1 aromatic heterocycles. The van der Waals surface area contributed by atoms with Crippen molar-refractivity contribution >= 4 is 0 Å². The summed E-state index contributed by atoms with van der Waals surface area (Å²) in [6.07, 6.45) is 1.69. The highest BCUT2D eigenvalue weighted by Gasteiger charge is 2.03. The Hall–Kier alpha value is -1.74. The van der Waals surface area contributed by atoms with Crippen LogP contribution in [-0.4, -0.2) is 10.2 Å². The van der Waals surface area contributed by atoms with Crippen molar-refractivity contribution < 1.29 is 0 Å². The van der Waals surface area contributed by atoms with Crippen LogP contribution >= 0.6 is 0 Å². The van der Waals surface area contributed by atoms with Crippen molar-refractivity contribution in [1.29, 1.82) is 0 Å². The second kappa shape index (κ2) is 5.74. The molecule has 1 heterocycles. The summed E-state index contributed by atoms with van der Waals surface area (Å²) in [5.74, 6) is 0. The molecular formula is C15H19N3. The SMILES string of the molecule is Cc1cc(C)c(CNCc2cccnn2)c(C)c1. The van der Waals surface area contributed by atoms with E-state index in [0.29, 0.717) is 0 Å². The first-order chi connectivity index (χ1) is 8.66. The number of hydrogen-bond acceptors (Lipinski definition) is 3. The summed E-state index contributed by atoms with van der Waals surface area (Å²) < 4.78 is 0. The second-order valence-corrected chi connectivity index (χ2v) is 4.70. The van der Waals surface area contributed by atoms with Crippen LogP contribution in [0.2, 0.25) is 0 Å². The Balaban J connectivity index is 1.99. The molecule has 0 aliphatic heterocycles. The number of nitrogens with zero attached hydrogens (tertiary/aromatic N) is 2. The van der Waals surface area contributed by atoms with Gasteiger partial charge in [-0.2, -0.15) is 10.2 Å². The highest BCUT2D eigenvalue weighted by Crippen LogP contribution is 2.16. The van der Waals surface area contributed by atoms with Gasteiger partial charge in [-0.15, -0.1) is 0 Å². The molecule has 0 amide bonds. The van der Waals surface area contributed by atoms with Crippen LogP contribution < -0.4 is 5.32 Å². The molecule has 0 spiro atoms. The van der Waals surface area contributed by atoms with Gasteiger partial charge < -0.3 is 5.32 Å². The third-order valence-electron chi connectivity index (χ3n) is 3.08. The van der Waals surface area contributed by atoms with Crippen LogP contribution in [0.25, 0.3) is 0 Å². The van der Waals surface area contributed by atoms with Crippen LogP contribution in [0.4, 0.5) is 0 Å². The highest BCUT2D eigenvalue weighted by molar-refractivity contribution is 5.37. The number of aryl methyl sites for hydroxylation is 3. The molecule has 2 rings (SSSR count). The first-order valence-corrected chi connectivity index (χ1v) is 6.21. The Morgan fingerprint density at radius 1 is 1.06 bits per heavy atom. The lowest BCUT2D eigenvalue weighted by molar-refractivity contribution is 0.665. The lowest BCUT2D eigenvalue weighted by atomic mass is 10.00. The topological polar surface area (TPSA) is 37.8 Å². The third kappa shape index (κ3) is 3.14. The van der Waals surface area contributed by atoms with Gasteiger partial charge in [0.05, 0.1) is 5.69 Å². The standard InChI is InChI=1S/C15H19N3/c1-11-7-12(2)15(13(3)8-11)10-16-9-14-5-4-6-17-18-14/h4-8,16H,9-10H2,1-3H3. The van der Waals surface area contributed by atoms with E-state index in [2.05, 4.69) is 48.4 Å². The predicted octanol–water partition coefficient (Wildman–Crippen LogP) is 2.69. The van der Waals surface area contributed by atoms with Crippen molar-refractivity contribution in [2.75, 3.05) is 0 Å². The van der Waals surface area contributed by atoms with Gasteiger partial charge in [-0.1, -0.05) is 17.7 Å². The summed E-state index contributed by atoms with van der Waals surface area (Å²) in [6.45, 7) is 8.09. The van der Waals surface area contributed by atoms with E-state index in [4.69, 9.17) is 0 Å². The van der Waals surface area contributed by atoms with Crippen molar-refractivity contribution in [1.82, 2.24) is 15.5 Å². The molecule has 0 fully saturated rings. The summed E-state index contributed by atoms with van der Waals surface area (Å²) in [5.41, 5.74) is 6.37. The molecule has 0 aliphatic carbocycles. The van der Waals surface area contributed by atoms with E-state index in [0.717, 1.165) is 18.8 Å². The van der Waals surface area contributed by atoms with Crippen molar-refractivity contribution in [3.05, 3.63) is 58.4 Å². The second-order valence-electron chi connectivity index (χ2n) is 4.70. The largest absolute Gasteiger partial charge is 0.307 e. The van der Waals surface area contributed by atoms with Gasteiger partial charge in [0, 0.05) is 19.3 Å². The molecule has 0 radical (unpaired) electrons. The number of benzene rings is 1. The fraction of sp³-hybridized carbons (Fsp3) is 0.333. The molecule has 1 N–H and O–H groups in total. The Bertz CT molecular complexity index is 498. The van der Waals surface area contributed by atoms with Crippen LogP contribution in [0.5, 0.6) is 0 Å². The van der Waals surface area contributed by atoms with Crippen LogP contribution in [-0.2, 0) is 13.1 Å². The average Bonchev–Trinajstić information content (AvgIpc) is 2.34. The first kappa shape index (κ1) is 12.7. The molecule has 3 nitrogen and oxygen atoms in total. The van der Waals surface area contributed by atoms with Crippen molar-refractivity contribution in [2.45, 2.75) is 33.9 Å². The molecule has 0 atom stereocenters. The average molecular weight is 241 g/mol. The molecule has 0 unspecified atom stereocenters. The molecule has 0 bridgehead atoms. The Kier molecular flexibility index (Phi) is 4.05. The zero-order valence-corrected chi connectivity index (χ0v) is 11.2. The maximum Gasteiger partial charge on any atom is 0.0769 e. The molecule has 0 saturated heterocycles. The van der Waals surface area contributed by atoms with Crippen molar-refractivity contribution in [3.8, 4) is 0 Å². The molecule has 94 valence electrons. The minimum absolute atomic E-state index is 0.751. The van der Waals surface area contributed by atoms with E-state index >= 15 is 0 Å². The summed E-state index contributed by atoms with van der Waals surface area (Å²) >= 11 is 0. The maximum absolute atomic E-state index is 4.06. The van der Waals surface area contributed by atoms with Gasteiger partial charge in [-0.25, -0.2) is 0 Å². The maximum atomic E-state index is 4.06. The van der Waals surface area contributed by atoms with Gasteiger partial charge >= 0.3 is 0 Å². The quantitative estimate of drug-likeness (QED) is 0.894. The summed E-state index contributed by atoms with van der Waals surface area (Å²) in [5, 5.41) is 11.3. The lowest BCUT2D eigenvalue weighted by Crippen LogP contribution is -2.15. The van der Waals surface area contributed by atoms with Crippen LogP contribution in [0.1, 0.15) is 27.9 Å². The molecule has 18 heavy (non-hydrogen) atoms. The minimum Gasteiger partial charge on any atom is -0.307 e. The smallest absolute Gasteiger partial charge is 0.0769 e. The molecule has 0 saturated carbocycles. The number of aromatic nitrogens is 2. The van der Waals surface area contributed by atoms with Crippen LogP contribution in [0.3, 0.4) is 0 Å². The number of nitrogens with one attached hydrogen (secondary N) is 1. The monoisotopic (exact) mass is 241 g/mol. The Morgan fingerprint density at radius 3 is 2.39 bits per heavy atom. The zero-order chi connectivity index (χ0) is 13.0. The lowest BCUT2D eigenvalue weighted by Gasteiger charge is -2.12. The Morgan fingerprint density at radius 2 is 1.78 bits per heavy atom. The van der Waals surface area contributed by atoms with E-state index < -0.39 is 0 Å². The van der Waals surface area contributed by atoms with E-state index in [1.807, 2.05) is 12.1 Å². The fourth-order valence-electron chi connectivity index (χ4n) is 2.23. The van der Waals surface area contributed by atoms with E-state index in [1.165, 1.54) is 22.3 Å². The molecule has 0 aliphatic rings. The predicted molar refractivity (Wildman–Crippen MR) is 73.2 cm³/mol. The molecule has 1 aromatic carbocycles. The number of rotatable bonds is 4. The minimum atomic E-state index is 0.751. The van der Waals surface area contributed by atoms with Crippen LogP contribution in [0, 0.1) is 20.8 Å². The van der Waals surface area contributed by atoms with Gasteiger partial charge in [0.1, 0.15) is 0 Å². The van der Waals surface area contributed by atoms with Gasteiger partial charge in [0.15, 0.2) is 0 Å². The highest BCUT2D eigenvalue weighted by atomic mass is 15.1. The van der Waals surface area contributed by atoms with Gasteiger partial charge in [-0.05, 0) is 49.6 Å². The van der Waals surface area contributed by atoms with Gasteiger partial charge in [0.25, 0.3) is 0 Å². The molecular weight excluding hydrogens is 222 g/mol. The zero-order valence-electron chi connectivity index (χ0n) is 11.2. The first-order valence-electron chi connectivity index (χ1n) is 6.21. The normalized spacial score (nSPS) is 10.6. The van der Waals surface area contributed by atoms with Gasteiger partial charge in [0.2, 0.25) is 0 Å². The van der Waals surface area contributed by atoms with Crippen molar-refractivity contribution in [2.24, 2.45) is 0 Å². The van der Waals surface area contributed by atoms with E-state index in [-0.39, 0.29) is 0 Å². The number of hydrogen-bond donors (Lipinski definition) is 1. The summed E-state index contributed by atoms with van der Waals surface area (Å²) in [4.78, 5) is 0. The summed E-state index contributed by atoms with van der Waals surface area (Å²) in [6, 6.07) is 8.35.